The maximum Gasteiger partial charge on any atom is 0.257 e. The van der Waals surface area contributed by atoms with Gasteiger partial charge in [-0.1, -0.05) is 22.9 Å². The minimum atomic E-state index is -0.119. The molecule has 1 amide bonds. The zero-order chi connectivity index (χ0) is 13.0. The van der Waals surface area contributed by atoms with Crippen molar-refractivity contribution in [1.29, 1.82) is 0 Å². The lowest BCUT2D eigenvalue weighted by Crippen LogP contribution is -2.37. The number of hydrogen-bond donors (Lipinski definition) is 1. The monoisotopic (exact) mass is 299 g/mol. The minimum absolute atomic E-state index is 0.0196. The fourth-order valence-electron chi connectivity index (χ4n) is 1.68. The Morgan fingerprint density at radius 3 is 2.59 bits per heavy atom. The maximum absolute atomic E-state index is 12.3. The Morgan fingerprint density at radius 2 is 2.12 bits per heavy atom. The average molecular weight is 300 g/mol. The number of rotatable bonds is 4. The number of carbonyl (C=O) groups is 1. The second kappa shape index (κ2) is 6.05. The molecule has 0 aliphatic carbocycles. The molecule has 17 heavy (non-hydrogen) atoms. The number of hydrogen-bond acceptors (Lipinski definition) is 2. The van der Waals surface area contributed by atoms with E-state index in [4.69, 9.17) is 0 Å². The number of benzene rings is 1. The van der Waals surface area contributed by atoms with Crippen molar-refractivity contribution in [2.75, 3.05) is 6.54 Å². The van der Waals surface area contributed by atoms with E-state index in [1.807, 2.05) is 20.8 Å². The molecule has 0 aromatic heterocycles. The van der Waals surface area contributed by atoms with Gasteiger partial charge < -0.3 is 10.0 Å². The summed E-state index contributed by atoms with van der Waals surface area (Å²) >= 11 is 3.26. The van der Waals surface area contributed by atoms with Gasteiger partial charge in [0, 0.05) is 17.1 Å². The molecule has 0 saturated carbocycles. The van der Waals surface area contributed by atoms with Crippen molar-refractivity contribution in [1.82, 2.24) is 4.90 Å². The van der Waals surface area contributed by atoms with Crippen LogP contribution in [0.25, 0.3) is 0 Å². The van der Waals surface area contributed by atoms with Crippen LogP contribution in [0.1, 0.15) is 37.6 Å². The molecule has 0 heterocycles. The fraction of sp³-hybridized carbons (Fsp3) is 0.462. The largest absolute Gasteiger partial charge is 0.507 e. The maximum atomic E-state index is 12.3. The van der Waals surface area contributed by atoms with Gasteiger partial charge in [0.15, 0.2) is 0 Å². The molecule has 0 saturated heterocycles. The predicted octanol–water partition coefficient (Wildman–Crippen LogP) is 3.42. The first-order valence-electron chi connectivity index (χ1n) is 5.76. The van der Waals surface area contributed by atoms with Gasteiger partial charge in [-0.3, -0.25) is 4.79 Å². The van der Waals surface area contributed by atoms with Crippen molar-refractivity contribution < 1.29 is 9.90 Å². The smallest absolute Gasteiger partial charge is 0.257 e. The molecule has 1 N–H and O–H groups in total. The third-order valence-electron chi connectivity index (χ3n) is 2.54. The number of aromatic hydroxyl groups is 1. The summed E-state index contributed by atoms with van der Waals surface area (Å²) in [6.45, 7) is 6.68. The molecule has 0 aliphatic rings. The van der Waals surface area contributed by atoms with E-state index in [2.05, 4.69) is 15.9 Å². The van der Waals surface area contributed by atoms with Gasteiger partial charge in [-0.2, -0.15) is 0 Å². The molecule has 4 heteroatoms. The standard InChI is InChI=1S/C13H18BrNO2/c1-4-7-15(9(2)3)13(17)11-6-5-10(14)8-12(11)16/h5-6,8-9,16H,4,7H2,1-3H3. The Morgan fingerprint density at radius 1 is 1.47 bits per heavy atom. The van der Waals surface area contributed by atoms with Gasteiger partial charge in [-0.25, -0.2) is 0 Å². The third-order valence-corrected chi connectivity index (χ3v) is 3.03. The first kappa shape index (κ1) is 14.0. The highest BCUT2D eigenvalue weighted by atomic mass is 79.9. The number of phenolic OH excluding ortho intramolecular Hbond substituents is 1. The van der Waals surface area contributed by atoms with Crippen molar-refractivity contribution >= 4 is 21.8 Å². The molecule has 0 spiro atoms. The van der Waals surface area contributed by atoms with Gasteiger partial charge in [0.1, 0.15) is 5.75 Å². The molecule has 3 nitrogen and oxygen atoms in total. The van der Waals surface area contributed by atoms with Gasteiger partial charge in [-0.15, -0.1) is 0 Å². The summed E-state index contributed by atoms with van der Waals surface area (Å²) < 4.78 is 0.762. The summed E-state index contributed by atoms with van der Waals surface area (Å²) in [5.74, 6) is -0.0991. The Kier molecular flexibility index (Phi) is 5.00. The van der Waals surface area contributed by atoms with Crippen LogP contribution >= 0.6 is 15.9 Å². The van der Waals surface area contributed by atoms with Gasteiger partial charge in [0.05, 0.1) is 5.56 Å². The molecule has 0 aliphatic heterocycles. The van der Waals surface area contributed by atoms with E-state index in [0.29, 0.717) is 12.1 Å². The second-order valence-corrected chi connectivity index (χ2v) is 5.17. The number of halogens is 1. The van der Waals surface area contributed by atoms with E-state index in [9.17, 15) is 9.90 Å². The van der Waals surface area contributed by atoms with Crippen molar-refractivity contribution in [2.24, 2.45) is 0 Å². The average Bonchev–Trinajstić information content (AvgIpc) is 2.24. The molecule has 0 atom stereocenters. The van der Waals surface area contributed by atoms with Crippen LogP contribution in [0.15, 0.2) is 22.7 Å². The summed E-state index contributed by atoms with van der Waals surface area (Å²) in [5, 5.41) is 9.78. The predicted molar refractivity (Wildman–Crippen MR) is 72.3 cm³/mol. The van der Waals surface area contributed by atoms with Gasteiger partial charge >= 0.3 is 0 Å². The first-order chi connectivity index (χ1) is 7.97. The van der Waals surface area contributed by atoms with Gasteiger partial charge in [-0.05, 0) is 38.5 Å². The molecule has 94 valence electrons. The lowest BCUT2D eigenvalue weighted by Gasteiger charge is -2.26. The van der Waals surface area contributed by atoms with Crippen molar-refractivity contribution in [2.45, 2.75) is 33.2 Å². The fourth-order valence-corrected chi connectivity index (χ4v) is 2.02. The number of amides is 1. The molecule has 0 bridgehead atoms. The van der Waals surface area contributed by atoms with E-state index in [1.54, 1.807) is 17.0 Å². The second-order valence-electron chi connectivity index (χ2n) is 4.25. The molecule has 1 aromatic carbocycles. The van der Waals surface area contributed by atoms with Crippen LogP contribution in [0.5, 0.6) is 5.75 Å². The highest BCUT2D eigenvalue weighted by molar-refractivity contribution is 9.10. The summed E-state index contributed by atoms with van der Waals surface area (Å²) in [5.41, 5.74) is 0.357. The quantitative estimate of drug-likeness (QED) is 0.925. The summed E-state index contributed by atoms with van der Waals surface area (Å²) in [6, 6.07) is 5.08. The Hall–Kier alpha value is -1.03. The number of nitrogens with zero attached hydrogens (tertiary/aromatic N) is 1. The molecule has 0 radical (unpaired) electrons. The lowest BCUT2D eigenvalue weighted by atomic mass is 10.1. The van der Waals surface area contributed by atoms with E-state index >= 15 is 0 Å². The van der Waals surface area contributed by atoms with Crippen LogP contribution in [-0.2, 0) is 0 Å². The van der Waals surface area contributed by atoms with E-state index in [1.165, 1.54) is 6.07 Å². The number of phenols is 1. The summed E-state index contributed by atoms with van der Waals surface area (Å²) in [6.07, 6.45) is 0.904. The van der Waals surface area contributed by atoms with Crippen LogP contribution in [0.4, 0.5) is 0 Å². The first-order valence-corrected chi connectivity index (χ1v) is 6.56. The zero-order valence-electron chi connectivity index (χ0n) is 10.4. The van der Waals surface area contributed by atoms with E-state index in [0.717, 1.165) is 10.9 Å². The number of carbonyl (C=O) groups excluding carboxylic acids is 1. The normalized spacial score (nSPS) is 10.6. The van der Waals surface area contributed by atoms with Crippen LogP contribution < -0.4 is 0 Å². The molecular weight excluding hydrogens is 282 g/mol. The van der Waals surface area contributed by atoms with Crippen LogP contribution in [0.3, 0.4) is 0 Å². The SMILES string of the molecule is CCCN(C(=O)c1ccc(Br)cc1O)C(C)C. The lowest BCUT2D eigenvalue weighted by molar-refractivity contribution is 0.0703. The topological polar surface area (TPSA) is 40.5 Å². The van der Waals surface area contributed by atoms with Crippen LogP contribution in [0, 0.1) is 0 Å². The van der Waals surface area contributed by atoms with Crippen molar-refractivity contribution in [3.63, 3.8) is 0 Å². The highest BCUT2D eigenvalue weighted by Crippen LogP contribution is 2.24. The van der Waals surface area contributed by atoms with Gasteiger partial charge in [0.25, 0.3) is 5.91 Å². The minimum Gasteiger partial charge on any atom is -0.507 e. The van der Waals surface area contributed by atoms with E-state index in [-0.39, 0.29) is 17.7 Å². The summed E-state index contributed by atoms with van der Waals surface area (Å²) in [4.78, 5) is 14.0. The molecule has 1 rings (SSSR count). The van der Waals surface area contributed by atoms with Crippen LogP contribution in [-0.4, -0.2) is 28.5 Å². The van der Waals surface area contributed by atoms with E-state index < -0.39 is 0 Å². The Balaban J connectivity index is 3.01. The van der Waals surface area contributed by atoms with Crippen molar-refractivity contribution in [3.05, 3.63) is 28.2 Å². The molecule has 0 fully saturated rings. The van der Waals surface area contributed by atoms with Crippen LogP contribution in [0.2, 0.25) is 0 Å². The Bertz CT molecular complexity index is 404. The highest BCUT2D eigenvalue weighted by Gasteiger charge is 2.20. The Labute approximate surface area is 111 Å². The third kappa shape index (κ3) is 3.46. The summed E-state index contributed by atoms with van der Waals surface area (Å²) in [7, 11) is 0. The molecule has 1 aromatic rings. The van der Waals surface area contributed by atoms with Crippen molar-refractivity contribution in [3.8, 4) is 5.75 Å². The molecular formula is C13H18BrNO2. The van der Waals surface area contributed by atoms with Gasteiger partial charge in [0.2, 0.25) is 0 Å². The zero-order valence-corrected chi connectivity index (χ0v) is 12.0. The molecule has 0 unspecified atom stereocenters.